The van der Waals surface area contributed by atoms with E-state index in [0.29, 0.717) is 17.8 Å². The van der Waals surface area contributed by atoms with Crippen LogP contribution in [0.5, 0.6) is 0 Å². The summed E-state index contributed by atoms with van der Waals surface area (Å²) in [5.41, 5.74) is 9.14. The van der Waals surface area contributed by atoms with Gasteiger partial charge in [0, 0.05) is 17.8 Å². The molecule has 4 N–H and O–H groups in total. The van der Waals surface area contributed by atoms with Gasteiger partial charge in [0.05, 0.1) is 0 Å². The summed E-state index contributed by atoms with van der Waals surface area (Å²) in [6.45, 7) is 2.65. The molecule has 0 aliphatic heterocycles. The molecule has 1 amide bonds. The lowest BCUT2D eigenvalue weighted by Crippen LogP contribution is -2.26. The Hall–Kier alpha value is -2.40. The Labute approximate surface area is 135 Å². The molecule has 0 bridgehead atoms. The van der Waals surface area contributed by atoms with Crippen LogP contribution in [0.15, 0.2) is 48.5 Å². The first-order chi connectivity index (χ1) is 10.5. The third-order valence-electron chi connectivity index (χ3n) is 3.21. The summed E-state index contributed by atoms with van der Waals surface area (Å²) in [6.07, 6.45) is 0.802. The highest BCUT2D eigenvalue weighted by molar-refractivity contribution is 7.80. The zero-order valence-electron chi connectivity index (χ0n) is 12.4. The Morgan fingerprint density at radius 1 is 1.18 bits per heavy atom. The molecule has 0 saturated heterocycles. The van der Waals surface area contributed by atoms with Gasteiger partial charge in [0.25, 0.3) is 5.91 Å². The average molecular weight is 313 g/mol. The number of benzene rings is 2. The standard InChI is InChI=1S/C17H19N3OS/c1-12-5-7-13(8-6-12)9-10-19-16(21)14-3-2-4-15(11-14)20-17(18)22/h2-8,11H,9-10H2,1H3,(H,19,21)(H3,18,20,22). The van der Waals surface area contributed by atoms with Crippen molar-refractivity contribution >= 4 is 28.9 Å². The van der Waals surface area contributed by atoms with Crippen LogP contribution in [0, 0.1) is 6.92 Å². The number of amides is 1. The second-order valence-electron chi connectivity index (χ2n) is 5.06. The van der Waals surface area contributed by atoms with Gasteiger partial charge in [0.15, 0.2) is 5.11 Å². The molecular weight excluding hydrogens is 294 g/mol. The Morgan fingerprint density at radius 3 is 2.59 bits per heavy atom. The molecule has 0 saturated carbocycles. The van der Waals surface area contributed by atoms with E-state index in [2.05, 4.69) is 41.8 Å². The molecule has 114 valence electrons. The van der Waals surface area contributed by atoms with Gasteiger partial charge in [-0.1, -0.05) is 35.9 Å². The lowest BCUT2D eigenvalue weighted by molar-refractivity contribution is 0.0954. The predicted octanol–water partition coefficient (Wildman–Crippen LogP) is 2.62. The molecule has 0 atom stereocenters. The number of rotatable bonds is 5. The van der Waals surface area contributed by atoms with Crippen LogP contribution in [0.4, 0.5) is 5.69 Å². The van der Waals surface area contributed by atoms with Gasteiger partial charge in [0.1, 0.15) is 0 Å². The summed E-state index contributed by atoms with van der Waals surface area (Å²) in [5, 5.41) is 5.91. The van der Waals surface area contributed by atoms with E-state index in [4.69, 9.17) is 18.0 Å². The molecule has 5 heteroatoms. The van der Waals surface area contributed by atoms with Crippen LogP contribution in [-0.4, -0.2) is 17.6 Å². The normalized spacial score (nSPS) is 10.0. The highest BCUT2D eigenvalue weighted by Crippen LogP contribution is 2.10. The first-order valence-corrected chi connectivity index (χ1v) is 7.46. The van der Waals surface area contributed by atoms with Gasteiger partial charge in [-0.3, -0.25) is 4.79 Å². The van der Waals surface area contributed by atoms with Crippen LogP contribution in [-0.2, 0) is 6.42 Å². The largest absolute Gasteiger partial charge is 0.376 e. The highest BCUT2D eigenvalue weighted by Gasteiger charge is 2.06. The van der Waals surface area contributed by atoms with Crippen molar-refractivity contribution in [1.29, 1.82) is 0 Å². The van der Waals surface area contributed by atoms with Crippen molar-refractivity contribution in [3.8, 4) is 0 Å². The molecule has 0 aromatic heterocycles. The summed E-state index contributed by atoms with van der Waals surface area (Å²) >= 11 is 4.79. The average Bonchev–Trinajstić information content (AvgIpc) is 2.49. The molecule has 22 heavy (non-hydrogen) atoms. The summed E-state index contributed by atoms with van der Waals surface area (Å²) < 4.78 is 0. The Bertz CT molecular complexity index is 668. The number of thiocarbonyl (C=S) groups is 1. The van der Waals surface area contributed by atoms with Crippen molar-refractivity contribution in [3.05, 3.63) is 65.2 Å². The number of anilines is 1. The van der Waals surface area contributed by atoms with Crippen LogP contribution in [0.25, 0.3) is 0 Å². The summed E-state index contributed by atoms with van der Waals surface area (Å²) in [5.74, 6) is -0.112. The number of aryl methyl sites for hydroxylation is 1. The lowest BCUT2D eigenvalue weighted by atomic mass is 10.1. The van der Waals surface area contributed by atoms with Gasteiger partial charge < -0.3 is 16.4 Å². The van der Waals surface area contributed by atoms with E-state index >= 15 is 0 Å². The van der Waals surface area contributed by atoms with Crippen molar-refractivity contribution < 1.29 is 4.79 Å². The molecule has 0 aliphatic carbocycles. The minimum atomic E-state index is -0.112. The van der Waals surface area contributed by atoms with Crippen molar-refractivity contribution in [2.45, 2.75) is 13.3 Å². The van der Waals surface area contributed by atoms with Gasteiger partial charge >= 0.3 is 0 Å². The quantitative estimate of drug-likeness (QED) is 0.742. The fraction of sp³-hybridized carbons (Fsp3) is 0.176. The second kappa shape index (κ2) is 7.56. The fourth-order valence-electron chi connectivity index (χ4n) is 2.06. The summed E-state index contributed by atoms with van der Waals surface area (Å²) in [7, 11) is 0. The molecule has 0 fully saturated rings. The van der Waals surface area contributed by atoms with Gasteiger partial charge in [-0.05, 0) is 49.3 Å². The Morgan fingerprint density at radius 2 is 1.91 bits per heavy atom. The zero-order chi connectivity index (χ0) is 15.9. The lowest BCUT2D eigenvalue weighted by Gasteiger charge is -2.08. The molecule has 2 aromatic carbocycles. The van der Waals surface area contributed by atoms with Crippen LogP contribution >= 0.6 is 12.2 Å². The number of carbonyl (C=O) groups excluding carboxylic acids is 1. The molecule has 0 spiro atoms. The van der Waals surface area contributed by atoms with E-state index < -0.39 is 0 Å². The number of hydrogen-bond acceptors (Lipinski definition) is 2. The van der Waals surface area contributed by atoms with E-state index in [9.17, 15) is 4.79 Å². The summed E-state index contributed by atoms with van der Waals surface area (Å²) in [6, 6.07) is 15.4. The maximum Gasteiger partial charge on any atom is 0.251 e. The molecule has 4 nitrogen and oxygen atoms in total. The Kier molecular flexibility index (Phi) is 5.49. The first-order valence-electron chi connectivity index (χ1n) is 7.05. The molecular formula is C17H19N3OS. The topological polar surface area (TPSA) is 67.2 Å². The van der Waals surface area contributed by atoms with Crippen LogP contribution in [0.1, 0.15) is 21.5 Å². The van der Waals surface area contributed by atoms with Crippen molar-refractivity contribution in [1.82, 2.24) is 5.32 Å². The van der Waals surface area contributed by atoms with Crippen molar-refractivity contribution in [2.24, 2.45) is 5.73 Å². The molecule has 0 aliphatic rings. The number of nitrogens with two attached hydrogens (primary N) is 1. The van der Waals surface area contributed by atoms with Crippen LogP contribution in [0.2, 0.25) is 0 Å². The highest BCUT2D eigenvalue weighted by atomic mass is 32.1. The van der Waals surface area contributed by atoms with E-state index in [1.807, 2.05) is 6.07 Å². The maximum absolute atomic E-state index is 12.1. The van der Waals surface area contributed by atoms with Crippen molar-refractivity contribution in [2.75, 3.05) is 11.9 Å². The van der Waals surface area contributed by atoms with Crippen LogP contribution < -0.4 is 16.4 Å². The summed E-state index contributed by atoms with van der Waals surface area (Å²) in [4.78, 5) is 12.1. The molecule has 2 rings (SSSR count). The van der Waals surface area contributed by atoms with Gasteiger partial charge in [-0.25, -0.2) is 0 Å². The molecule has 0 unspecified atom stereocenters. The van der Waals surface area contributed by atoms with Gasteiger partial charge in [0.2, 0.25) is 0 Å². The van der Waals surface area contributed by atoms with E-state index in [0.717, 1.165) is 6.42 Å². The third kappa shape index (κ3) is 4.86. The van der Waals surface area contributed by atoms with E-state index in [-0.39, 0.29) is 11.0 Å². The SMILES string of the molecule is Cc1ccc(CCNC(=O)c2cccc(NC(N)=S)c2)cc1. The first kappa shape index (κ1) is 16.0. The number of carbonyl (C=O) groups is 1. The second-order valence-corrected chi connectivity index (χ2v) is 5.50. The number of hydrogen-bond donors (Lipinski definition) is 3. The third-order valence-corrected chi connectivity index (χ3v) is 3.31. The smallest absolute Gasteiger partial charge is 0.251 e. The van der Waals surface area contributed by atoms with Gasteiger partial charge in [-0.2, -0.15) is 0 Å². The van der Waals surface area contributed by atoms with E-state index in [1.165, 1.54) is 11.1 Å². The zero-order valence-corrected chi connectivity index (χ0v) is 13.2. The number of nitrogens with one attached hydrogen (secondary N) is 2. The van der Waals surface area contributed by atoms with Crippen LogP contribution in [0.3, 0.4) is 0 Å². The molecule has 2 aromatic rings. The Balaban J connectivity index is 1.89. The van der Waals surface area contributed by atoms with Crippen molar-refractivity contribution in [3.63, 3.8) is 0 Å². The maximum atomic E-state index is 12.1. The minimum Gasteiger partial charge on any atom is -0.376 e. The van der Waals surface area contributed by atoms with E-state index in [1.54, 1.807) is 18.2 Å². The monoisotopic (exact) mass is 313 g/mol. The predicted molar refractivity (Wildman–Crippen MR) is 94.1 cm³/mol. The molecule has 0 heterocycles. The fourth-order valence-corrected chi connectivity index (χ4v) is 2.18. The minimum absolute atomic E-state index is 0.112. The molecule has 0 radical (unpaired) electrons. The van der Waals surface area contributed by atoms with Gasteiger partial charge in [-0.15, -0.1) is 0 Å².